The third kappa shape index (κ3) is 6.90. The Morgan fingerprint density at radius 3 is 1.21 bits per heavy atom. The van der Waals surface area contributed by atoms with Crippen LogP contribution >= 0.6 is 0 Å². The summed E-state index contributed by atoms with van der Waals surface area (Å²) in [5.41, 5.74) is 21.1. The molecule has 0 saturated heterocycles. The molecule has 6 aromatic rings. The van der Waals surface area contributed by atoms with Crippen LogP contribution in [0.5, 0.6) is 0 Å². The summed E-state index contributed by atoms with van der Waals surface area (Å²) >= 11 is -1.65. The normalized spacial score (nSPS) is 16.5. The minimum atomic E-state index is -1.65. The van der Waals surface area contributed by atoms with Gasteiger partial charge in [0.25, 0.3) is 0 Å². The number of aryl methyl sites for hydroxylation is 2. The van der Waals surface area contributed by atoms with Crippen molar-refractivity contribution in [1.29, 1.82) is 0 Å². The first-order chi connectivity index (χ1) is 25.3. The Kier molecular flexibility index (Phi) is 9.22. The summed E-state index contributed by atoms with van der Waals surface area (Å²) in [6, 6.07) is 41.4. The number of rotatable bonds is 6. The third-order valence-corrected chi connectivity index (χ3v) is 17.9. The van der Waals surface area contributed by atoms with Gasteiger partial charge in [0.05, 0.1) is 0 Å². The Bertz CT molecular complexity index is 2190. The van der Waals surface area contributed by atoms with Gasteiger partial charge in [0, 0.05) is 0 Å². The van der Waals surface area contributed by atoms with Crippen LogP contribution in [0, 0.1) is 13.8 Å². The van der Waals surface area contributed by atoms with Crippen molar-refractivity contribution in [2.24, 2.45) is 0 Å². The zero-order chi connectivity index (χ0) is 37.1. The summed E-state index contributed by atoms with van der Waals surface area (Å²) in [5.74, 6) is 0. The molecule has 2 nitrogen and oxygen atoms in total. The van der Waals surface area contributed by atoms with Gasteiger partial charge >= 0.3 is 329 Å². The van der Waals surface area contributed by atoms with Crippen molar-refractivity contribution in [2.45, 2.75) is 73.6 Å². The van der Waals surface area contributed by atoms with E-state index in [9.17, 15) is 0 Å². The van der Waals surface area contributed by atoms with Gasteiger partial charge < -0.3 is 0 Å². The predicted octanol–water partition coefficient (Wildman–Crippen LogP) is 13.0. The zero-order valence-electron chi connectivity index (χ0n) is 32.3. The maximum atomic E-state index is 5.05. The average Bonchev–Trinajstić information content (AvgIpc) is 3.70. The molecule has 2 aliphatic rings. The molecule has 0 fully saturated rings. The first-order valence-corrected chi connectivity index (χ1v) is 23.0. The molecule has 2 aliphatic carbocycles. The summed E-state index contributed by atoms with van der Waals surface area (Å²) in [6.07, 6.45) is 9.02. The number of hydrogen-bond donors (Lipinski definition) is 0. The summed E-state index contributed by atoms with van der Waals surface area (Å²) in [4.78, 5) is 10.1. The molecule has 4 aromatic carbocycles. The summed E-state index contributed by atoms with van der Waals surface area (Å²) in [7, 11) is 0. The van der Waals surface area contributed by atoms with E-state index in [0.717, 1.165) is 11.4 Å². The second kappa shape index (κ2) is 13.7. The fourth-order valence-electron chi connectivity index (χ4n) is 7.85. The van der Waals surface area contributed by atoms with Crippen molar-refractivity contribution in [3.63, 3.8) is 0 Å². The summed E-state index contributed by atoms with van der Waals surface area (Å²) in [6.45, 7) is 17.9. The molecule has 0 N–H and O–H groups in total. The molecule has 0 spiro atoms. The van der Waals surface area contributed by atoms with Gasteiger partial charge in [0.1, 0.15) is 0 Å². The molecule has 0 amide bonds. The number of hydrogen-bond acceptors (Lipinski definition) is 2. The molecule has 0 aliphatic heterocycles. The van der Waals surface area contributed by atoms with E-state index in [2.05, 4.69) is 177 Å². The van der Waals surface area contributed by atoms with Crippen LogP contribution in [0.2, 0.25) is 0 Å². The molecule has 2 atom stereocenters. The van der Waals surface area contributed by atoms with Gasteiger partial charge in [-0.25, -0.2) is 0 Å². The zero-order valence-corrected chi connectivity index (χ0v) is 35.8. The fraction of sp³-hybridized carbons (Fsp3) is 0.240. The SMILES string of the molecule is Cc1ccc(C2=Cc3c(-c4ccc(C(C)(C)C)cc4)cccc3[CH]2[Hf][CH]2C(c3ccc(C)cn3)=Cc3c(-c4ccc(C(C)(C)C)cc4)cccc32)nc1. The first-order valence-electron chi connectivity index (χ1n) is 18.9. The van der Waals surface area contributed by atoms with Gasteiger partial charge in [0.15, 0.2) is 0 Å². The van der Waals surface area contributed by atoms with Crippen LogP contribution in [0.4, 0.5) is 0 Å². The molecule has 0 saturated carbocycles. The van der Waals surface area contributed by atoms with E-state index in [4.69, 9.17) is 9.97 Å². The number of aromatic nitrogens is 2. The van der Waals surface area contributed by atoms with Crippen molar-refractivity contribution in [2.75, 3.05) is 0 Å². The Morgan fingerprint density at radius 2 is 0.868 bits per heavy atom. The van der Waals surface area contributed by atoms with E-state index in [1.54, 1.807) is 0 Å². The molecule has 53 heavy (non-hydrogen) atoms. The van der Waals surface area contributed by atoms with Gasteiger partial charge in [0.2, 0.25) is 0 Å². The van der Waals surface area contributed by atoms with Crippen molar-refractivity contribution < 1.29 is 22.9 Å². The van der Waals surface area contributed by atoms with E-state index >= 15 is 0 Å². The Hall–Kier alpha value is -4.47. The van der Waals surface area contributed by atoms with Gasteiger partial charge in [-0.2, -0.15) is 0 Å². The number of benzene rings is 4. The first kappa shape index (κ1) is 35.6. The molecule has 8 rings (SSSR count). The van der Waals surface area contributed by atoms with Crippen molar-refractivity contribution in [1.82, 2.24) is 9.97 Å². The molecule has 0 radical (unpaired) electrons. The van der Waals surface area contributed by atoms with E-state index in [1.165, 1.54) is 77.9 Å². The van der Waals surface area contributed by atoms with Crippen LogP contribution in [0.1, 0.15) is 105 Å². The van der Waals surface area contributed by atoms with E-state index in [-0.39, 0.29) is 10.8 Å². The van der Waals surface area contributed by atoms with Gasteiger partial charge in [-0.15, -0.1) is 0 Å². The molecular formula is C50H48HfN2. The van der Waals surface area contributed by atoms with E-state index in [0.29, 0.717) is 7.35 Å². The van der Waals surface area contributed by atoms with Crippen molar-refractivity contribution in [3.8, 4) is 22.3 Å². The Labute approximate surface area is 327 Å². The maximum absolute atomic E-state index is 5.05. The third-order valence-electron chi connectivity index (χ3n) is 11.0. The van der Waals surface area contributed by atoms with Crippen LogP contribution in [0.3, 0.4) is 0 Å². The van der Waals surface area contributed by atoms with Crippen LogP contribution in [0.25, 0.3) is 45.6 Å². The number of allylic oxidation sites excluding steroid dienone is 2. The van der Waals surface area contributed by atoms with Crippen molar-refractivity contribution >= 4 is 23.3 Å². The van der Waals surface area contributed by atoms with E-state index < -0.39 is 22.9 Å². The standard InChI is InChI=1S/2C25H24N.Hf/c2*1-17-8-13-24(26-16-17)20-14-19-6-5-7-22(23(19)15-20)18-9-11-21(12-10-18)25(2,3)4;/h2*5-16H,1-4H3;. The average molecular weight is 855 g/mol. The molecule has 2 heterocycles. The predicted molar refractivity (Wildman–Crippen MR) is 220 cm³/mol. The summed E-state index contributed by atoms with van der Waals surface area (Å²) in [5, 5.41) is 0. The van der Waals surface area contributed by atoms with Crippen LogP contribution < -0.4 is 0 Å². The van der Waals surface area contributed by atoms with Crippen LogP contribution in [0.15, 0.2) is 122 Å². The molecule has 262 valence electrons. The van der Waals surface area contributed by atoms with Gasteiger partial charge in [-0.05, 0) is 0 Å². The second-order valence-electron chi connectivity index (χ2n) is 16.9. The van der Waals surface area contributed by atoms with Crippen LogP contribution in [-0.4, -0.2) is 9.97 Å². The molecular weight excluding hydrogens is 807 g/mol. The van der Waals surface area contributed by atoms with Gasteiger partial charge in [-0.1, -0.05) is 0 Å². The number of nitrogens with zero attached hydrogens (tertiary/aromatic N) is 2. The second-order valence-corrected chi connectivity index (χ2v) is 22.3. The van der Waals surface area contributed by atoms with E-state index in [1.807, 2.05) is 12.4 Å². The molecule has 2 unspecified atom stereocenters. The number of pyridine rings is 2. The number of fused-ring (bicyclic) bond motifs is 2. The minimum absolute atomic E-state index is 0.116. The topological polar surface area (TPSA) is 25.8 Å². The van der Waals surface area contributed by atoms with Crippen LogP contribution in [-0.2, 0) is 33.7 Å². The molecule has 0 bridgehead atoms. The summed E-state index contributed by atoms with van der Waals surface area (Å²) < 4.78 is 0.710. The quantitative estimate of drug-likeness (QED) is 0.156. The molecule has 3 heteroatoms. The van der Waals surface area contributed by atoms with Gasteiger partial charge in [-0.3, -0.25) is 0 Å². The monoisotopic (exact) mass is 856 g/mol. The van der Waals surface area contributed by atoms with Crippen molar-refractivity contribution in [3.05, 3.63) is 177 Å². The molecule has 2 aromatic heterocycles. The Morgan fingerprint density at radius 1 is 0.472 bits per heavy atom. The Balaban J connectivity index is 1.26. The fourth-order valence-corrected chi connectivity index (χ4v) is 15.1.